The maximum Gasteiger partial charge on any atom is 0.355 e. The second-order valence-electron chi connectivity index (χ2n) is 5.81. The molecule has 0 aromatic carbocycles. The van der Waals surface area contributed by atoms with Gasteiger partial charge in [0.05, 0.1) is 0 Å². The van der Waals surface area contributed by atoms with Crippen molar-refractivity contribution in [2.75, 3.05) is 6.61 Å². The topological polar surface area (TPSA) is 88.3 Å². The molecule has 1 amide bonds. The number of Topliss-reactive ketones (excluding diaryl/α,β-unsaturated/α-hetero) is 1. The van der Waals surface area contributed by atoms with Gasteiger partial charge in [0.2, 0.25) is 0 Å². The Balaban J connectivity index is 1.93. The van der Waals surface area contributed by atoms with E-state index in [2.05, 4.69) is 10.3 Å². The van der Waals surface area contributed by atoms with Crippen molar-refractivity contribution in [3.8, 4) is 0 Å². The predicted octanol–water partition coefficient (Wildman–Crippen LogP) is 2.05. The highest BCUT2D eigenvalue weighted by Gasteiger charge is 2.22. The molecule has 0 bridgehead atoms. The molecule has 2 rings (SSSR count). The number of ketones is 1. The van der Waals surface area contributed by atoms with E-state index in [0.717, 1.165) is 25.7 Å². The van der Waals surface area contributed by atoms with Crippen LogP contribution in [0.1, 0.15) is 64.7 Å². The SMILES string of the molecule is CC(=O)c1c(C)[nH]c(C(=O)OCC(=O)NC2CCCC2)c1C. The van der Waals surface area contributed by atoms with Crippen LogP contribution in [-0.2, 0) is 9.53 Å². The average molecular weight is 306 g/mol. The van der Waals surface area contributed by atoms with E-state index in [4.69, 9.17) is 4.74 Å². The molecule has 1 aliphatic rings. The van der Waals surface area contributed by atoms with Crippen LogP contribution in [0.2, 0.25) is 0 Å². The highest BCUT2D eigenvalue weighted by atomic mass is 16.5. The van der Waals surface area contributed by atoms with E-state index in [1.54, 1.807) is 13.8 Å². The van der Waals surface area contributed by atoms with Gasteiger partial charge in [-0.3, -0.25) is 9.59 Å². The van der Waals surface area contributed by atoms with Gasteiger partial charge in [-0.1, -0.05) is 12.8 Å². The fourth-order valence-corrected chi connectivity index (χ4v) is 3.02. The van der Waals surface area contributed by atoms with Crippen molar-refractivity contribution in [1.82, 2.24) is 10.3 Å². The molecule has 1 heterocycles. The summed E-state index contributed by atoms with van der Waals surface area (Å²) in [5, 5.41) is 2.85. The average Bonchev–Trinajstić information content (AvgIpc) is 3.04. The summed E-state index contributed by atoms with van der Waals surface area (Å²) in [5.74, 6) is -1.01. The number of amides is 1. The van der Waals surface area contributed by atoms with Gasteiger partial charge in [-0.2, -0.15) is 0 Å². The Morgan fingerprint density at radius 1 is 1.23 bits per heavy atom. The van der Waals surface area contributed by atoms with Crippen LogP contribution in [0.25, 0.3) is 0 Å². The summed E-state index contributed by atoms with van der Waals surface area (Å²) in [6.07, 6.45) is 4.21. The standard InChI is InChI=1S/C16H22N2O4/c1-9-14(11(3)19)10(2)17-15(9)16(21)22-8-13(20)18-12-6-4-5-7-12/h12,17H,4-8H2,1-3H3,(H,18,20). The number of aryl methyl sites for hydroxylation is 1. The van der Waals surface area contributed by atoms with Crippen LogP contribution in [0, 0.1) is 13.8 Å². The number of aromatic amines is 1. The number of esters is 1. The van der Waals surface area contributed by atoms with E-state index < -0.39 is 5.97 Å². The van der Waals surface area contributed by atoms with Crippen molar-refractivity contribution in [2.45, 2.75) is 52.5 Å². The summed E-state index contributed by atoms with van der Waals surface area (Å²) >= 11 is 0. The number of hydrogen-bond acceptors (Lipinski definition) is 4. The Bertz CT molecular complexity index is 598. The zero-order valence-electron chi connectivity index (χ0n) is 13.2. The summed E-state index contributed by atoms with van der Waals surface area (Å²) in [4.78, 5) is 38.2. The van der Waals surface area contributed by atoms with Crippen molar-refractivity contribution in [1.29, 1.82) is 0 Å². The van der Waals surface area contributed by atoms with E-state index >= 15 is 0 Å². The lowest BCUT2D eigenvalue weighted by atomic mass is 10.1. The van der Waals surface area contributed by atoms with Crippen LogP contribution >= 0.6 is 0 Å². The lowest BCUT2D eigenvalue weighted by molar-refractivity contribution is -0.124. The van der Waals surface area contributed by atoms with Crippen LogP contribution in [0.3, 0.4) is 0 Å². The largest absolute Gasteiger partial charge is 0.451 e. The van der Waals surface area contributed by atoms with Gasteiger partial charge in [0, 0.05) is 17.3 Å². The number of nitrogens with one attached hydrogen (secondary N) is 2. The second-order valence-corrected chi connectivity index (χ2v) is 5.81. The minimum absolute atomic E-state index is 0.107. The second kappa shape index (κ2) is 6.77. The van der Waals surface area contributed by atoms with Crippen molar-refractivity contribution in [2.24, 2.45) is 0 Å². The molecule has 120 valence electrons. The summed E-state index contributed by atoms with van der Waals surface area (Å²) in [7, 11) is 0. The van der Waals surface area contributed by atoms with Crippen molar-refractivity contribution >= 4 is 17.7 Å². The van der Waals surface area contributed by atoms with E-state index in [1.807, 2.05) is 0 Å². The monoisotopic (exact) mass is 306 g/mol. The number of hydrogen-bond donors (Lipinski definition) is 2. The van der Waals surface area contributed by atoms with E-state index in [1.165, 1.54) is 6.92 Å². The zero-order valence-corrected chi connectivity index (χ0v) is 13.2. The molecule has 0 radical (unpaired) electrons. The Labute approximate surface area is 129 Å². The molecule has 0 saturated heterocycles. The fourth-order valence-electron chi connectivity index (χ4n) is 3.02. The minimum Gasteiger partial charge on any atom is -0.451 e. The molecule has 1 aromatic rings. The van der Waals surface area contributed by atoms with E-state index in [9.17, 15) is 14.4 Å². The Morgan fingerprint density at radius 3 is 2.41 bits per heavy atom. The van der Waals surface area contributed by atoms with Gasteiger partial charge in [-0.15, -0.1) is 0 Å². The van der Waals surface area contributed by atoms with E-state index in [0.29, 0.717) is 16.8 Å². The highest BCUT2D eigenvalue weighted by Crippen LogP contribution is 2.19. The van der Waals surface area contributed by atoms with Gasteiger partial charge in [0.25, 0.3) is 5.91 Å². The summed E-state index contributed by atoms with van der Waals surface area (Å²) in [5.41, 5.74) is 1.93. The first-order valence-corrected chi connectivity index (χ1v) is 7.56. The third-order valence-corrected chi connectivity index (χ3v) is 4.05. The Hall–Kier alpha value is -2.11. The molecule has 1 aromatic heterocycles. The number of aromatic nitrogens is 1. The van der Waals surface area contributed by atoms with Crippen LogP contribution in [0.15, 0.2) is 0 Å². The maximum absolute atomic E-state index is 12.1. The molecule has 6 heteroatoms. The molecule has 0 aliphatic heterocycles. The van der Waals surface area contributed by atoms with E-state index in [-0.39, 0.29) is 30.0 Å². The van der Waals surface area contributed by atoms with Crippen LogP contribution < -0.4 is 5.32 Å². The number of ether oxygens (including phenoxy) is 1. The molecule has 2 N–H and O–H groups in total. The number of rotatable bonds is 5. The van der Waals surface area contributed by atoms with Crippen LogP contribution in [0.5, 0.6) is 0 Å². The Kier molecular flexibility index (Phi) is 5.00. The predicted molar refractivity (Wildman–Crippen MR) is 81.0 cm³/mol. The molecule has 0 atom stereocenters. The summed E-state index contributed by atoms with van der Waals surface area (Å²) in [6, 6.07) is 0.199. The molecule has 1 fully saturated rings. The van der Waals surface area contributed by atoms with Gasteiger partial charge in [-0.05, 0) is 39.2 Å². The van der Waals surface area contributed by atoms with Gasteiger partial charge in [0.1, 0.15) is 5.69 Å². The smallest absolute Gasteiger partial charge is 0.355 e. The van der Waals surface area contributed by atoms with Crippen LogP contribution in [0.4, 0.5) is 0 Å². The molecule has 22 heavy (non-hydrogen) atoms. The van der Waals surface area contributed by atoms with Gasteiger partial charge >= 0.3 is 5.97 Å². The number of H-pyrrole nitrogens is 1. The van der Waals surface area contributed by atoms with Crippen LogP contribution in [-0.4, -0.2) is 35.3 Å². The molecule has 0 spiro atoms. The van der Waals surface area contributed by atoms with Crippen molar-refractivity contribution in [3.63, 3.8) is 0 Å². The lowest BCUT2D eigenvalue weighted by Crippen LogP contribution is -2.36. The van der Waals surface area contributed by atoms with Crippen molar-refractivity contribution < 1.29 is 19.1 Å². The molecular formula is C16H22N2O4. The summed E-state index contributed by atoms with van der Waals surface area (Å²) in [6.45, 7) is 4.57. The first kappa shape index (κ1) is 16.3. The molecule has 1 aliphatic carbocycles. The van der Waals surface area contributed by atoms with Gasteiger partial charge in [0.15, 0.2) is 12.4 Å². The number of carbonyl (C=O) groups excluding carboxylic acids is 3. The molecule has 0 unspecified atom stereocenters. The normalized spacial score (nSPS) is 14.9. The molecule has 1 saturated carbocycles. The first-order valence-electron chi connectivity index (χ1n) is 7.56. The summed E-state index contributed by atoms with van der Waals surface area (Å²) < 4.78 is 5.04. The first-order chi connectivity index (χ1) is 10.4. The minimum atomic E-state index is -0.616. The van der Waals surface area contributed by atoms with Gasteiger partial charge in [-0.25, -0.2) is 4.79 Å². The van der Waals surface area contributed by atoms with Gasteiger partial charge < -0.3 is 15.0 Å². The molecule has 6 nitrogen and oxygen atoms in total. The van der Waals surface area contributed by atoms with Crippen molar-refractivity contribution in [3.05, 3.63) is 22.5 Å². The zero-order chi connectivity index (χ0) is 16.3. The third-order valence-electron chi connectivity index (χ3n) is 4.05. The fraction of sp³-hybridized carbons (Fsp3) is 0.562. The highest BCUT2D eigenvalue weighted by molar-refractivity contribution is 6.01. The third kappa shape index (κ3) is 3.55. The quantitative estimate of drug-likeness (QED) is 0.643. The lowest BCUT2D eigenvalue weighted by Gasteiger charge is -2.11. The molecular weight excluding hydrogens is 284 g/mol. The Morgan fingerprint density at radius 2 is 1.86 bits per heavy atom. The number of carbonyl (C=O) groups is 3. The maximum atomic E-state index is 12.1.